The van der Waals surface area contributed by atoms with Crippen LogP contribution in [0.15, 0.2) is 47.8 Å². The number of ether oxygens (including phenoxy) is 1. The molecule has 1 fully saturated rings. The number of carboxylic acids is 1. The van der Waals surface area contributed by atoms with Crippen LogP contribution in [0.1, 0.15) is 23.3 Å². The molecule has 1 aliphatic rings. The summed E-state index contributed by atoms with van der Waals surface area (Å²) in [5, 5.41) is 11.7. The Morgan fingerprint density at radius 2 is 2.00 bits per heavy atom. The molecule has 1 aromatic carbocycles. The molecule has 0 spiro atoms. The lowest BCUT2D eigenvalue weighted by atomic mass is 9.91. The van der Waals surface area contributed by atoms with E-state index in [1.165, 1.54) is 16.2 Å². The molecular formula is C18H19NO4S. The molecule has 24 heavy (non-hydrogen) atoms. The zero-order valence-electron chi connectivity index (χ0n) is 13.2. The summed E-state index contributed by atoms with van der Waals surface area (Å²) in [6.07, 6.45) is 0.870. The molecule has 5 nitrogen and oxygen atoms in total. The number of hydrogen-bond donors (Lipinski definition) is 1. The normalized spacial score (nSPS) is 20.1. The summed E-state index contributed by atoms with van der Waals surface area (Å²) in [6.45, 7) is 0.552. The third-order valence-corrected chi connectivity index (χ3v) is 5.24. The Labute approximate surface area is 144 Å². The van der Waals surface area contributed by atoms with E-state index in [1.807, 2.05) is 47.8 Å². The second-order valence-corrected chi connectivity index (χ2v) is 6.92. The summed E-state index contributed by atoms with van der Waals surface area (Å²) in [6, 6.07) is 13.2. The number of carbonyl (C=O) groups is 2. The zero-order chi connectivity index (χ0) is 17.0. The quantitative estimate of drug-likeness (QED) is 0.900. The van der Waals surface area contributed by atoms with Crippen LogP contribution in [0.2, 0.25) is 0 Å². The Kier molecular flexibility index (Phi) is 4.85. The van der Waals surface area contributed by atoms with E-state index in [4.69, 9.17) is 4.74 Å². The van der Waals surface area contributed by atoms with Gasteiger partial charge >= 0.3 is 12.1 Å². The van der Waals surface area contributed by atoms with Gasteiger partial charge in [-0.15, -0.1) is 11.3 Å². The number of carboxylic acid groups (broad SMARTS) is 1. The number of aliphatic carboxylic acids is 1. The van der Waals surface area contributed by atoms with Gasteiger partial charge in [0, 0.05) is 17.8 Å². The van der Waals surface area contributed by atoms with Gasteiger partial charge in [-0.05, 0) is 29.9 Å². The number of likely N-dealkylation sites (tertiary alicyclic amines) is 1. The monoisotopic (exact) mass is 345 g/mol. The molecular weight excluding hydrogens is 326 g/mol. The van der Waals surface area contributed by atoms with Gasteiger partial charge in [-0.25, -0.2) is 9.59 Å². The molecule has 1 saturated heterocycles. The van der Waals surface area contributed by atoms with Gasteiger partial charge in [-0.3, -0.25) is 4.90 Å². The van der Waals surface area contributed by atoms with E-state index in [2.05, 4.69) is 0 Å². The first-order chi connectivity index (χ1) is 11.6. The first kappa shape index (κ1) is 16.5. The minimum absolute atomic E-state index is 0.144. The van der Waals surface area contributed by atoms with Gasteiger partial charge in [0.05, 0.1) is 0 Å². The standard InChI is InChI=1S/C18H19NO4S/c20-16(21)18(12-15-8-4-11-24-15)9-5-10-19(18)17(22)23-13-14-6-2-1-3-7-14/h1-4,6-8,11H,5,9-10,12-13H2,(H,20,21). The maximum Gasteiger partial charge on any atom is 0.411 e. The summed E-state index contributed by atoms with van der Waals surface area (Å²) in [5.41, 5.74) is -0.331. The van der Waals surface area contributed by atoms with E-state index in [0.29, 0.717) is 25.8 Å². The van der Waals surface area contributed by atoms with Crippen molar-refractivity contribution < 1.29 is 19.4 Å². The van der Waals surface area contributed by atoms with Crippen molar-refractivity contribution in [3.05, 3.63) is 58.3 Å². The van der Waals surface area contributed by atoms with Crippen molar-refractivity contribution in [1.29, 1.82) is 0 Å². The van der Waals surface area contributed by atoms with E-state index in [1.54, 1.807) is 0 Å². The smallest absolute Gasteiger partial charge is 0.411 e. The molecule has 1 aliphatic heterocycles. The maximum atomic E-state index is 12.5. The number of hydrogen-bond acceptors (Lipinski definition) is 4. The van der Waals surface area contributed by atoms with E-state index >= 15 is 0 Å². The Balaban J connectivity index is 1.74. The Morgan fingerprint density at radius 1 is 1.21 bits per heavy atom. The first-order valence-corrected chi connectivity index (χ1v) is 8.74. The average molecular weight is 345 g/mol. The van der Waals surface area contributed by atoms with Crippen LogP contribution in [-0.2, 0) is 22.6 Å². The van der Waals surface area contributed by atoms with Gasteiger partial charge in [-0.2, -0.15) is 0 Å². The van der Waals surface area contributed by atoms with Crippen molar-refractivity contribution in [2.75, 3.05) is 6.54 Å². The molecule has 0 bridgehead atoms. The molecule has 1 N–H and O–H groups in total. The molecule has 2 aromatic rings. The van der Waals surface area contributed by atoms with Crippen molar-refractivity contribution in [2.45, 2.75) is 31.4 Å². The molecule has 0 radical (unpaired) electrons. The summed E-state index contributed by atoms with van der Waals surface area (Å²) in [4.78, 5) is 26.9. The fourth-order valence-corrected chi connectivity index (χ4v) is 3.94. The van der Waals surface area contributed by atoms with Crippen LogP contribution in [0, 0.1) is 0 Å². The predicted molar refractivity (Wildman–Crippen MR) is 91.0 cm³/mol. The van der Waals surface area contributed by atoms with Crippen molar-refractivity contribution in [1.82, 2.24) is 4.90 Å². The minimum atomic E-state index is -1.21. The van der Waals surface area contributed by atoms with Crippen LogP contribution in [0.25, 0.3) is 0 Å². The van der Waals surface area contributed by atoms with Gasteiger partial charge in [0.1, 0.15) is 12.1 Å². The summed E-state index contributed by atoms with van der Waals surface area (Å²) >= 11 is 1.51. The molecule has 0 saturated carbocycles. The Bertz CT molecular complexity index is 701. The second kappa shape index (κ2) is 7.05. The fourth-order valence-electron chi connectivity index (χ4n) is 3.13. The lowest BCUT2D eigenvalue weighted by Crippen LogP contribution is -2.54. The number of carbonyl (C=O) groups excluding carboxylic acids is 1. The summed E-state index contributed by atoms with van der Waals surface area (Å²) in [7, 11) is 0. The molecule has 0 aliphatic carbocycles. The van der Waals surface area contributed by atoms with Gasteiger partial charge in [0.2, 0.25) is 0 Å². The molecule has 1 aromatic heterocycles. The Morgan fingerprint density at radius 3 is 2.67 bits per heavy atom. The topological polar surface area (TPSA) is 66.8 Å². The first-order valence-electron chi connectivity index (χ1n) is 7.86. The number of rotatable bonds is 5. The van der Waals surface area contributed by atoms with Crippen molar-refractivity contribution >= 4 is 23.4 Å². The molecule has 126 valence electrons. The van der Waals surface area contributed by atoms with Crippen LogP contribution in [0.5, 0.6) is 0 Å². The third-order valence-electron chi connectivity index (χ3n) is 4.36. The van der Waals surface area contributed by atoms with Crippen molar-refractivity contribution in [3.8, 4) is 0 Å². The van der Waals surface area contributed by atoms with Gasteiger partial charge in [0.15, 0.2) is 0 Å². The van der Waals surface area contributed by atoms with Gasteiger partial charge < -0.3 is 9.84 Å². The zero-order valence-corrected chi connectivity index (χ0v) is 14.0. The molecule has 6 heteroatoms. The minimum Gasteiger partial charge on any atom is -0.479 e. The maximum absolute atomic E-state index is 12.5. The van der Waals surface area contributed by atoms with E-state index in [-0.39, 0.29) is 6.61 Å². The van der Waals surface area contributed by atoms with Crippen LogP contribution >= 0.6 is 11.3 Å². The average Bonchev–Trinajstić information content (AvgIpc) is 3.24. The largest absolute Gasteiger partial charge is 0.479 e. The molecule has 1 unspecified atom stereocenters. The predicted octanol–water partition coefficient (Wildman–Crippen LogP) is 3.55. The van der Waals surface area contributed by atoms with E-state index in [0.717, 1.165) is 10.4 Å². The van der Waals surface area contributed by atoms with Crippen LogP contribution < -0.4 is 0 Å². The second-order valence-electron chi connectivity index (χ2n) is 5.89. The number of thiophene rings is 1. The highest BCUT2D eigenvalue weighted by Crippen LogP contribution is 2.35. The highest BCUT2D eigenvalue weighted by atomic mass is 32.1. The fraction of sp³-hybridized carbons (Fsp3) is 0.333. The van der Waals surface area contributed by atoms with E-state index in [9.17, 15) is 14.7 Å². The van der Waals surface area contributed by atoms with Gasteiger partial charge in [0.25, 0.3) is 0 Å². The van der Waals surface area contributed by atoms with Crippen LogP contribution in [0.3, 0.4) is 0 Å². The Hall–Kier alpha value is -2.34. The van der Waals surface area contributed by atoms with Gasteiger partial charge in [-0.1, -0.05) is 36.4 Å². The molecule has 1 atom stereocenters. The number of benzene rings is 1. The SMILES string of the molecule is O=C(OCc1ccccc1)N1CCCC1(Cc1cccs1)C(=O)O. The molecule has 1 amide bonds. The lowest BCUT2D eigenvalue weighted by Gasteiger charge is -2.33. The highest BCUT2D eigenvalue weighted by molar-refractivity contribution is 7.09. The summed E-state index contributed by atoms with van der Waals surface area (Å²) < 4.78 is 5.36. The van der Waals surface area contributed by atoms with E-state index < -0.39 is 17.6 Å². The van der Waals surface area contributed by atoms with Crippen molar-refractivity contribution in [3.63, 3.8) is 0 Å². The molecule has 2 heterocycles. The van der Waals surface area contributed by atoms with Crippen molar-refractivity contribution in [2.24, 2.45) is 0 Å². The number of amides is 1. The highest BCUT2D eigenvalue weighted by Gasteiger charge is 2.51. The molecule has 3 rings (SSSR count). The van der Waals surface area contributed by atoms with Crippen LogP contribution in [0.4, 0.5) is 4.79 Å². The third kappa shape index (κ3) is 3.28. The summed E-state index contributed by atoms with van der Waals surface area (Å²) in [5.74, 6) is -0.968. The lowest BCUT2D eigenvalue weighted by molar-refractivity contribution is -0.148. The van der Waals surface area contributed by atoms with Crippen LogP contribution in [-0.4, -0.2) is 34.2 Å². The number of nitrogens with zero attached hydrogens (tertiary/aromatic N) is 1.